The fraction of sp³-hybridized carbons (Fsp3) is 0.300. The first kappa shape index (κ1) is 13.1. The Bertz CT molecular complexity index is 314. The van der Waals surface area contributed by atoms with Crippen LogP contribution in [-0.4, -0.2) is 11.1 Å². The zero-order valence-electron chi connectivity index (χ0n) is 8.27. The third-order valence-electron chi connectivity index (χ3n) is 1.46. The van der Waals surface area contributed by atoms with E-state index in [1.165, 1.54) is 19.1 Å². The molecule has 14 heavy (non-hydrogen) atoms. The molecule has 0 unspecified atom stereocenters. The quantitative estimate of drug-likeness (QED) is 0.840. The summed E-state index contributed by atoms with van der Waals surface area (Å²) in [5.74, 6) is -1.47. The fourth-order valence-electron chi connectivity index (χ4n) is 0.850. The van der Waals surface area contributed by atoms with E-state index in [-0.39, 0.29) is 10.0 Å². The number of carbonyl (C=O) groups is 1. The number of hydrogen-bond acceptors (Lipinski definition) is 1. The number of halogens is 2. The van der Waals surface area contributed by atoms with Gasteiger partial charge >= 0.3 is 5.97 Å². The molecule has 0 heterocycles. The first-order valence-electron chi connectivity index (χ1n) is 4.21. The summed E-state index contributed by atoms with van der Waals surface area (Å²) >= 11 is 2.93. The van der Waals surface area contributed by atoms with Gasteiger partial charge in [0.15, 0.2) is 0 Å². The maximum Gasteiger partial charge on any atom is 0.335 e. The highest BCUT2D eigenvalue weighted by Gasteiger charge is 2.09. The van der Waals surface area contributed by atoms with Crippen LogP contribution in [0.4, 0.5) is 4.39 Å². The Hall–Kier alpha value is -0.900. The molecule has 78 valence electrons. The van der Waals surface area contributed by atoms with Gasteiger partial charge in [-0.25, -0.2) is 9.18 Å². The van der Waals surface area contributed by atoms with Crippen molar-refractivity contribution in [2.75, 3.05) is 0 Å². The summed E-state index contributed by atoms with van der Waals surface area (Å²) in [6.45, 7) is 5.52. The van der Waals surface area contributed by atoms with E-state index in [2.05, 4.69) is 15.9 Å². The third-order valence-corrected chi connectivity index (χ3v) is 2.03. The average molecular weight is 263 g/mol. The van der Waals surface area contributed by atoms with Crippen LogP contribution < -0.4 is 0 Å². The smallest absolute Gasteiger partial charge is 0.335 e. The van der Waals surface area contributed by atoms with Crippen molar-refractivity contribution in [1.82, 2.24) is 0 Å². The topological polar surface area (TPSA) is 37.3 Å². The Morgan fingerprint density at radius 3 is 2.29 bits per heavy atom. The Morgan fingerprint density at radius 2 is 1.93 bits per heavy atom. The highest BCUT2D eigenvalue weighted by atomic mass is 79.9. The summed E-state index contributed by atoms with van der Waals surface area (Å²) in [4.78, 5) is 10.5. The van der Waals surface area contributed by atoms with Crippen LogP contribution in [0.3, 0.4) is 0 Å². The molecule has 0 radical (unpaired) electrons. The van der Waals surface area contributed by atoms with Gasteiger partial charge in [-0.1, -0.05) is 13.8 Å². The normalized spacial score (nSPS) is 8.93. The number of benzene rings is 1. The molecule has 0 bridgehead atoms. The molecule has 0 spiro atoms. The monoisotopic (exact) mass is 262 g/mol. The van der Waals surface area contributed by atoms with Crippen LogP contribution in [0.5, 0.6) is 0 Å². The lowest BCUT2D eigenvalue weighted by molar-refractivity contribution is 0.0696. The molecule has 1 N–H and O–H groups in total. The molecule has 0 atom stereocenters. The molecule has 0 aliphatic carbocycles. The molecule has 1 rings (SSSR count). The molecule has 1 aromatic rings. The lowest BCUT2D eigenvalue weighted by Gasteiger charge is -2.00. The molecular formula is C10H12BrFO2. The van der Waals surface area contributed by atoms with Crippen molar-refractivity contribution in [1.29, 1.82) is 0 Å². The lowest BCUT2D eigenvalue weighted by Crippen LogP contribution is -1.98. The van der Waals surface area contributed by atoms with E-state index in [1.54, 1.807) is 0 Å². The van der Waals surface area contributed by atoms with Gasteiger partial charge in [0, 0.05) is 0 Å². The summed E-state index contributed by atoms with van der Waals surface area (Å²) < 4.78 is 13.1. The fourth-order valence-corrected chi connectivity index (χ4v) is 1.41. The van der Waals surface area contributed by atoms with Crippen molar-refractivity contribution in [3.63, 3.8) is 0 Å². The highest BCUT2D eigenvalue weighted by molar-refractivity contribution is 9.10. The predicted octanol–water partition coefficient (Wildman–Crippen LogP) is 3.62. The second-order valence-corrected chi connectivity index (χ2v) is 3.25. The zero-order chi connectivity index (χ0) is 11.3. The van der Waals surface area contributed by atoms with Crippen LogP contribution in [0.1, 0.15) is 29.8 Å². The summed E-state index contributed by atoms with van der Waals surface area (Å²) in [6, 6.07) is 2.53. The number of aromatic carboxylic acids is 1. The standard InChI is InChI=1S/C8H6BrFO2.C2H6/c1-4-2-5(8(11)12)3-6(9)7(4)10;1-2/h2-3H,1H3,(H,11,12);1-2H3. The van der Waals surface area contributed by atoms with Gasteiger partial charge < -0.3 is 5.11 Å². The van der Waals surface area contributed by atoms with Crippen molar-refractivity contribution >= 4 is 21.9 Å². The molecule has 1 aromatic carbocycles. The number of carboxylic acid groups (broad SMARTS) is 1. The van der Waals surface area contributed by atoms with E-state index in [0.717, 1.165) is 0 Å². The molecule has 0 aliphatic heterocycles. The molecule has 0 saturated heterocycles. The maximum absolute atomic E-state index is 12.9. The minimum atomic E-state index is -1.06. The van der Waals surface area contributed by atoms with Gasteiger partial charge in [-0.05, 0) is 40.5 Å². The maximum atomic E-state index is 12.9. The largest absolute Gasteiger partial charge is 0.478 e. The Kier molecular flexibility index (Phi) is 5.38. The summed E-state index contributed by atoms with van der Waals surface area (Å²) in [5, 5.41) is 8.58. The van der Waals surface area contributed by atoms with Crippen molar-refractivity contribution in [3.05, 3.63) is 33.5 Å². The van der Waals surface area contributed by atoms with Crippen LogP contribution in [0, 0.1) is 12.7 Å². The van der Waals surface area contributed by atoms with E-state index in [4.69, 9.17) is 5.11 Å². The van der Waals surface area contributed by atoms with Crippen LogP contribution in [0.25, 0.3) is 0 Å². The second kappa shape index (κ2) is 5.75. The van der Waals surface area contributed by atoms with Crippen LogP contribution in [-0.2, 0) is 0 Å². The molecule has 0 fully saturated rings. The van der Waals surface area contributed by atoms with Gasteiger partial charge in [-0.3, -0.25) is 0 Å². The number of aryl methyl sites for hydroxylation is 1. The molecule has 2 nitrogen and oxygen atoms in total. The second-order valence-electron chi connectivity index (χ2n) is 2.39. The summed E-state index contributed by atoms with van der Waals surface area (Å²) in [6.07, 6.45) is 0. The molecule has 0 aliphatic rings. The van der Waals surface area contributed by atoms with Crippen LogP contribution in [0.15, 0.2) is 16.6 Å². The minimum absolute atomic E-state index is 0.0841. The third kappa shape index (κ3) is 3.10. The molecule has 0 amide bonds. The first-order chi connectivity index (χ1) is 6.52. The number of rotatable bonds is 1. The van der Waals surface area contributed by atoms with Gasteiger partial charge in [-0.2, -0.15) is 0 Å². The highest BCUT2D eigenvalue weighted by Crippen LogP contribution is 2.20. The SMILES string of the molecule is CC.Cc1cc(C(=O)O)cc(Br)c1F. The molecular weight excluding hydrogens is 251 g/mol. The Labute approximate surface area is 90.9 Å². The van der Waals surface area contributed by atoms with E-state index in [9.17, 15) is 9.18 Å². The first-order valence-corrected chi connectivity index (χ1v) is 5.00. The van der Waals surface area contributed by atoms with Crippen LogP contribution >= 0.6 is 15.9 Å². The van der Waals surface area contributed by atoms with E-state index in [1.807, 2.05) is 13.8 Å². The zero-order valence-corrected chi connectivity index (χ0v) is 9.85. The van der Waals surface area contributed by atoms with Crippen molar-refractivity contribution in [3.8, 4) is 0 Å². The van der Waals surface area contributed by atoms with Crippen LogP contribution in [0.2, 0.25) is 0 Å². The van der Waals surface area contributed by atoms with Gasteiger partial charge in [0.1, 0.15) is 5.82 Å². The number of carboxylic acids is 1. The Morgan fingerprint density at radius 1 is 1.43 bits per heavy atom. The summed E-state index contributed by atoms with van der Waals surface area (Å²) in [5.41, 5.74) is 0.405. The molecule has 4 heteroatoms. The van der Waals surface area contributed by atoms with E-state index in [0.29, 0.717) is 5.56 Å². The van der Waals surface area contributed by atoms with Crippen molar-refractivity contribution < 1.29 is 14.3 Å². The predicted molar refractivity (Wildman–Crippen MR) is 57.1 cm³/mol. The van der Waals surface area contributed by atoms with Gasteiger partial charge in [-0.15, -0.1) is 0 Å². The van der Waals surface area contributed by atoms with Crippen molar-refractivity contribution in [2.24, 2.45) is 0 Å². The Balaban J connectivity index is 0.000000791. The molecule has 0 aromatic heterocycles. The minimum Gasteiger partial charge on any atom is -0.478 e. The number of hydrogen-bond donors (Lipinski definition) is 1. The van der Waals surface area contributed by atoms with Gasteiger partial charge in [0.05, 0.1) is 10.0 Å². The average Bonchev–Trinajstić information content (AvgIpc) is 2.16. The molecule has 0 saturated carbocycles. The van der Waals surface area contributed by atoms with Crippen molar-refractivity contribution in [2.45, 2.75) is 20.8 Å². The van der Waals surface area contributed by atoms with E-state index >= 15 is 0 Å². The van der Waals surface area contributed by atoms with Gasteiger partial charge in [0.2, 0.25) is 0 Å². The van der Waals surface area contributed by atoms with Gasteiger partial charge in [0.25, 0.3) is 0 Å². The van der Waals surface area contributed by atoms with E-state index < -0.39 is 11.8 Å². The lowest BCUT2D eigenvalue weighted by atomic mass is 10.1. The summed E-state index contributed by atoms with van der Waals surface area (Å²) in [7, 11) is 0.